The SMILES string of the molecule is CNc1nc(N2CCS(=O)(=O)CC2C)cc(C(F)(F)F)n1. The van der Waals surface area contributed by atoms with Gasteiger partial charge in [-0.2, -0.15) is 18.2 Å². The van der Waals surface area contributed by atoms with Crippen molar-refractivity contribution < 1.29 is 21.6 Å². The molecule has 0 spiro atoms. The summed E-state index contributed by atoms with van der Waals surface area (Å²) in [7, 11) is -1.73. The number of halogens is 3. The summed E-state index contributed by atoms with van der Waals surface area (Å²) in [6.07, 6.45) is -4.59. The normalized spacial score (nSPS) is 22.1. The predicted molar refractivity (Wildman–Crippen MR) is 72.0 cm³/mol. The molecule has 1 aliphatic rings. The van der Waals surface area contributed by atoms with Crippen LogP contribution in [0.25, 0.3) is 0 Å². The molecule has 2 rings (SSSR count). The molecule has 1 N–H and O–H groups in total. The maximum atomic E-state index is 12.8. The zero-order valence-electron chi connectivity index (χ0n) is 11.5. The first-order valence-electron chi connectivity index (χ1n) is 6.23. The van der Waals surface area contributed by atoms with Crippen LogP contribution in [0.5, 0.6) is 0 Å². The van der Waals surface area contributed by atoms with E-state index in [-0.39, 0.29) is 29.8 Å². The molecule has 0 aliphatic carbocycles. The Kier molecular flexibility index (Phi) is 4.00. The van der Waals surface area contributed by atoms with Gasteiger partial charge in [-0.15, -0.1) is 0 Å². The van der Waals surface area contributed by atoms with Gasteiger partial charge in [0.05, 0.1) is 11.5 Å². The van der Waals surface area contributed by atoms with Gasteiger partial charge in [-0.25, -0.2) is 13.4 Å². The second-order valence-electron chi connectivity index (χ2n) is 4.84. The second-order valence-corrected chi connectivity index (χ2v) is 7.07. The summed E-state index contributed by atoms with van der Waals surface area (Å²) in [5.41, 5.74) is -1.06. The van der Waals surface area contributed by atoms with E-state index in [1.165, 1.54) is 7.05 Å². The highest BCUT2D eigenvalue weighted by Gasteiger charge is 2.36. The summed E-state index contributed by atoms with van der Waals surface area (Å²) in [5.74, 6) is -0.283. The van der Waals surface area contributed by atoms with Crippen LogP contribution >= 0.6 is 0 Å². The molecular weight excluding hydrogens is 309 g/mol. The Morgan fingerprint density at radius 1 is 1.38 bits per heavy atom. The van der Waals surface area contributed by atoms with E-state index in [1.54, 1.807) is 11.8 Å². The Bertz CT molecular complexity index is 633. The van der Waals surface area contributed by atoms with Crippen molar-refractivity contribution in [3.63, 3.8) is 0 Å². The monoisotopic (exact) mass is 324 g/mol. The summed E-state index contributed by atoms with van der Waals surface area (Å²) in [6.45, 7) is 1.76. The van der Waals surface area contributed by atoms with Gasteiger partial charge in [0, 0.05) is 25.7 Å². The van der Waals surface area contributed by atoms with E-state index < -0.39 is 27.7 Å². The van der Waals surface area contributed by atoms with Crippen molar-refractivity contribution in [2.24, 2.45) is 0 Å². The van der Waals surface area contributed by atoms with Crippen LogP contribution in [-0.2, 0) is 16.0 Å². The molecule has 118 valence electrons. The van der Waals surface area contributed by atoms with Crippen LogP contribution in [-0.4, -0.2) is 49.5 Å². The average Bonchev–Trinajstić information content (AvgIpc) is 2.36. The minimum Gasteiger partial charge on any atom is -0.357 e. The molecule has 0 saturated carbocycles. The lowest BCUT2D eigenvalue weighted by atomic mass is 10.3. The van der Waals surface area contributed by atoms with Crippen LogP contribution in [0.3, 0.4) is 0 Å². The van der Waals surface area contributed by atoms with Gasteiger partial charge >= 0.3 is 6.18 Å². The van der Waals surface area contributed by atoms with E-state index in [9.17, 15) is 21.6 Å². The van der Waals surface area contributed by atoms with Crippen molar-refractivity contribution in [2.75, 3.05) is 35.3 Å². The van der Waals surface area contributed by atoms with Gasteiger partial charge in [0.2, 0.25) is 5.95 Å². The molecule has 1 unspecified atom stereocenters. The quantitative estimate of drug-likeness (QED) is 0.880. The highest BCUT2D eigenvalue weighted by Crippen LogP contribution is 2.31. The number of hydrogen-bond donors (Lipinski definition) is 1. The van der Waals surface area contributed by atoms with E-state index >= 15 is 0 Å². The highest BCUT2D eigenvalue weighted by molar-refractivity contribution is 7.91. The lowest BCUT2D eigenvalue weighted by Crippen LogP contribution is -2.47. The van der Waals surface area contributed by atoms with Crippen molar-refractivity contribution >= 4 is 21.6 Å². The summed E-state index contributed by atoms with van der Waals surface area (Å²) >= 11 is 0. The zero-order valence-corrected chi connectivity index (χ0v) is 12.3. The Morgan fingerprint density at radius 3 is 2.57 bits per heavy atom. The van der Waals surface area contributed by atoms with Gasteiger partial charge in [0.1, 0.15) is 5.82 Å². The molecule has 21 heavy (non-hydrogen) atoms. The number of anilines is 2. The fraction of sp³-hybridized carbons (Fsp3) is 0.636. The van der Waals surface area contributed by atoms with Crippen molar-refractivity contribution in [2.45, 2.75) is 19.1 Å². The predicted octanol–water partition coefficient (Wildman–Crippen LogP) is 1.16. The number of nitrogens with one attached hydrogen (secondary N) is 1. The molecule has 0 radical (unpaired) electrons. The molecule has 0 bridgehead atoms. The van der Waals surface area contributed by atoms with Crippen LogP contribution in [0.2, 0.25) is 0 Å². The number of rotatable bonds is 2. The third kappa shape index (κ3) is 3.55. The molecule has 1 fully saturated rings. The number of sulfone groups is 1. The minimum atomic E-state index is -4.59. The first kappa shape index (κ1) is 15.8. The number of nitrogens with zero attached hydrogens (tertiary/aromatic N) is 3. The van der Waals surface area contributed by atoms with E-state index in [0.717, 1.165) is 6.07 Å². The summed E-state index contributed by atoms with van der Waals surface area (Å²) in [5, 5.41) is 2.48. The second kappa shape index (κ2) is 5.32. The first-order valence-corrected chi connectivity index (χ1v) is 8.05. The van der Waals surface area contributed by atoms with Crippen LogP contribution in [0.1, 0.15) is 12.6 Å². The topological polar surface area (TPSA) is 75.2 Å². The molecule has 0 aromatic carbocycles. The Labute approximate surface area is 120 Å². The van der Waals surface area contributed by atoms with Gasteiger partial charge in [-0.1, -0.05) is 0 Å². The lowest BCUT2D eigenvalue weighted by Gasteiger charge is -2.34. The van der Waals surface area contributed by atoms with Gasteiger partial charge in [0.15, 0.2) is 15.5 Å². The number of hydrogen-bond acceptors (Lipinski definition) is 6. The third-order valence-electron chi connectivity index (χ3n) is 3.19. The Morgan fingerprint density at radius 2 is 2.05 bits per heavy atom. The molecule has 1 aromatic rings. The van der Waals surface area contributed by atoms with Crippen molar-refractivity contribution in [3.8, 4) is 0 Å². The molecule has 1 aromatic heterocycles. The summed E-state index contributed by atoms with van der Waals surface area (Å²) in [6, 6.07) is 0.402. The Hall–Kier alpha value is -1.58. The molecular formula is C11H15F3N4O2S. The minimum absolute atomic E-state index is 0.0732. The van der Waals surface area contributed by atoms with Crippen LogP contribution in [0, 0.1) is 0 Å². The van der Waals surface area contributed by atoms with Crippen molar-refractivity contribution in [1.29, 1.82) is 0 Å². The Balaban J connectivity index is 2.40. The number of aromatic nitrogens is 2. The molecule has 2 heterocycles. The van der Waals surface area contributed by atoms with Crippen LogP contribution in [0.15, 0.2) is 6.07 Å². The molecule has 1 aliphatic heterocycles. The fourth-order valence-electron chi connectivity index (χ4n) is 2.18. The van der Waals surface area contributed by atoms with E-state index in [2.05, 4.69) is 15.3 Å². The van der Waals surface area contributed by atoms with Crippen molar-refractivity contribution in [1.82, 2.24) is 9.97 Å². The number of alkyl halides is 3. The van der Waals surface area contributed by atoms with Gasteiger partial charge in [-0.05, 0) is 6.92 Å². The zero-order chi connectivity index (χ0) is 15.8. The molecule has 10 heteroatoms. The van der Waals surface area contributed by atoms with Gasteiger partial charge in [-0.3, -0.25) is 0 Å². The average molecular weight is 324 g/mol. The fourth-order valence-corrected chi connectivity index (χ4v) is 3.73. The smallest absolute Gasteiger partial charge is 0.357 e. The maximum Gasteiger partial charge on any atom is 0.433 e. The highest BCUT2D eigenvalue weighted by atomic mass is 32.2. The molecule has 6 nitrogen and oxygen atoms in total. The molecule has 1 atom stereocenters. The van der Waals surface area contributed by atoms with Crippen LogP contribution < -0.4 is 10.2 Å². The largest absolute Gasteiger partial charge is 0.433 e. The first-order chi connectivity index (χ1) is 9.62. The van der Waals surface area contributed by atoms with Gasteiger partial charge < -0.3 is 10.2 Å². The third-order valence-corrected chi connectivity index (χ3v) is 4.99. The maximum absolute atomic E-state index is 12.8. The van der Waals surface area contributed by atoms with Crippen molar-refractivity contribution in [3.05, 3.63) is 11.8 Å². The van der Waals surface area contributed by atoms with E-state index in [1.807, 2.05) is 0 Å². The summed E-state index contributed by atoms with van der Waals surface area (Å²) in [4.78, 5) is 8.93. The van der Waals surface area contributed by atoms with E-state index in [4.69, 9.17) is 0 Å². The summed E-state index contributed by atoms with van der Waals surface area (Å²) < 4.78 is 61.6. The van der Waals surface area contributed by atoms with Crippen LogP contribution in [0.4, 0.5) is 24.9 Å². The molecule has 0 amide bonds. The standard InChI is InChI=1S/C11H15F3N4O2S/c1-7-6-21(19,20)4-3-18(7)9-5-8(11(12,13)14)16-10(15-2)17-9/h5,7H,3-4,6H2,1-2H3,(H,15,16,17). The molecule has 1 saturated heterocycles. The van der Waals surface area contributed by atoms with Gasteiger partial charge in [0.25, 0.3) is 0 Å². The lowest BCUT2D eigenvalue weighted by molar-refractivity contribution is -0.141. The van der Waals surface area contributed by atoms with E-state index in [0.29, 0.717) is 0 Å².